The number of hydrogen-bond acceptors (Lipinski definition) is 4. The van der Waals surface area contributed by atoms with Gasteiger partial charge in [0.15, 0.2) is 0 Å². The largest absolute Gasteiger partial charge is 0.375 e. The molecule has 118 valence electrons. The first-order valence-electron chi connectivity index (χ1n) is 7.55. The van der Waals surface area contributed by atoms with E-state index < -0.39 is 0 Å². The molecule has 1 aliphatic heterocycles. The summed E-state index contributed by atoms with van der Waals surface area (Å²) in [5.74, 6) is 6.16. The van der Waals surface area contributed by atoms with Crippen molar-refractivity contribution in [1.29, 1.82) is 0 Å². The Bertz CT molecular complexity index is 459. The van der Waals surface area contributed by atoms with Crippen LogP contribution in [0.3, 0.4) is 0 Å². The molecule has 1 aromatic carbocycles. The molecule has 0 spiro atoms. The third-order valence-corrected chi connectivity index (χ3v) is 4.48. The van der Waals surface area contributed by atoms with Gasteiger partial charge in [-0.25, -0.2) is 0 Å². The second-order valence-electron chi connectivity index (χ2n) is 7.04. The maximum Gasteiger partial charge on any atom is 0.0991 e. The van der Waals surface area contributed by atoms with Gasteiger partial charge >= 0.3 is 0 Å². The zero-order chi connectivity index (χ0) is 15.7. The third-order valence-electron chi connectivity index (χ3n) is 4.48. The molecule has 3 unspecified atom stereocenters. The fraction of sp³-hybridized carbons (Fsp3) is 0.647. The van der Waals surface area contributed by atoms with Crippen LogP contribution in [0, 0.1) is 5.92 Å². The molecule has 1 fully saturated rings. The second kappa shape index (κ2) is 6.05. The van der Waals surface area contributed by atoms with Crippen LogP contribution in [-0.4, -0.2) is 24.4 Å². The minimum absolute atomic E-state index is 0.00539. The first kappa shape index (κ1) is 16.4. The topological polar surface area (TPSA) is 56.5 Å². The second-order valence-corrected chi connectivity index (χ2v) is 7.04. The van der Waals surface area contributed by atoms with E-state index in [4.69, 9.17) is 15.3 Å². The van der Waals surface area contributed by atoms with Crippen molar-refractivity contribution in [3.05, 3.63) is 35.9 Å². The molecule has 0 amide bonds. The Morgan fingerprint density at radius 2 is 1.86 bits per heavy atom. The summed E-state index contributed by atoms with van der Waals surface area (Å²) in [5.41, 5.74) is 3.73. The van der Waals surface area contributed by atoms with Gasteiger partial charge in [-0.2, -0.15) is 0 Å². The predicted octanol–water partition coefficient (Wildman–Crippen LogP) is 2.80. The van der Waals surface area contributed by atoms with Crippen LogP contribution in [0.5, 0.6) is 0 Å². The summed E-state index contributed by atoms with van der Waals surface area (Å²) in [6, 6.07) is 10.2. The minimum atomic E-state index is -0.244. The Hall–Kier alpha value is -0.940. The molecule has 4 heteroatoms. The van der Waals surface area contributed by atoms with E-state index in [0.29, 0.717) is 0 Å². The van der Waals surface area contributed by atoms with Gasteiger partial charge in [0, 0.05) is 13.0 Å². The van der Waals surface area contributed by atoms with Gasteiger partial charge in [-0.1, -0.05) is 30.3 Å². The lowest BCUT2D eigenvalue weighted by molar-refractivity contribution is -0.0845. The molecule has 1 heterocycles. The lowest BCUT2D eigenvalue weighted by atomic mass is 9.78. The molecule has 0 aromatic heterocycles. The average molecular weight is 292 g/mol. The SMILES string of the molecule is COC(c1ccccc1)C(NN)C1CC(C)(C)OC1(C)C. The van der Waals surface area contributed by atoms with Crippen molar-refractivity contribution in [1.82, 2.24) is 5.43 Å². The van der Waals surface area contributed by atoms with Crippen LogP contribution in [0.15, 0.2) is 30.3 Å². The maximum absolute atomic E-state index is 6.21. The van der Waals surface area contributed by atoms with E-state index >= 15 is 0 Å². The predicted molar refractivity (Wildman–Crippen MR) is 84.7 cm³/mol. The highest BCUT2D eigenvalue weighted by molar-refractivity contribution is 5.20. The molecular weight excluding hydrogens is 264 g/mol. The van der Waals surface area contributed by atoms with E-state index in [2.05, 4.69) is 45.3 Å². The molecule has 2 rings (SSSR count). The molecule has 21 heavy (non-hydrogen) atoms. The smallest absolute Gasteiger partial charge is 0.0991 e. The average Bonchev–Trinajstić information content (AvgIpc) is 2.64. The van der Waals surface area contributed by atoms with E-state index in [0.717, 1.165) is 12.0 Å². The van der Waals surface area contributed by atoms with Gasteiger partial charge in [0.2, 0.25) is 0 Å². The van der Waals surface area contributed by atoms with Gasteiger partial charge in [-0.15, -0.1) is 0 Å². The Morgan fingerprint density at radius 1 is 1.24 bits per heavy atom. The Morgan fingerprint density at radius 3 is 2.29 bits per heavy atom. The van der Waals surface area contributed by atoms with Gasteiger partial charge < -0.3 is 9.47 Å². The molecule has 0 radical (unpaired) electrons. The van der Waals surface area contributed by atoms with Crippen molar-refractivity contribution >= 4 is 0 Å². The third kappa shape index (κ3) is 3.46. The number of rotatable bonds is 5. The van der Waals surface area contributed by atoms with Crippen LogP contribution in [0.2, 0.25) is 0 Å². The highest BCUT2D eigenvalue weighted by Gasteiger charge is 2.50. The summed E-state index contributed by atoms with van der Waals surface area (Å²) < 4.78 is 12.0. The lowest BCUT2D eigenvalue weighted by Gasteiger charge is -2.36. The van der Waals surface area contributed by atoms with Crippen LogP contribution >= 0.6 is 0 Å². The summed E-state index contributed by atoms with van der Waals surface area (Å²) in [4.78, 5) is 0. The van der Waals surface area contributed by atoms with Crippen molar-refractivity contribution in [2.24, 2.45) is 11.8 Å². The molecule has 1 aromatic rings. The Labute approximate surface area is 128 Å². The number of ether oxygens (including phenoxy) is 2. The van der Waals surface area contributed by atoms with Crippen LogP contribution in [0.25, 0.3) is 0 Å². The van der Waals surface area contributed by atoms with Gasteiger partial charge in [-0.05, 0) is 39.7 Å². The van der Waals surface area contributed by atoms with E-state index in [1.54, 1.807) is 7.11 Å². The van der Waals surface area contributed by atoms with Crippen LogP contribution in [0.4, 0.5) is 0 Å². The van der Waals surface area contributed by atoms with E-state index in [1.165, 1.54) is 0 Å². The molecular formula is C17H28N2O2. The highest BCUT2D eigenvalue weighted by Crippen LogP contribution is 2.46. The number of benzene rings is 1. The minimum Gasteiger partial charge on any atom is -0.375 e. The van der Waals surface area contributed by atoms with Crippen molar-refractivity contribution in [3.63, 3.8) is 0 Å². The summed E-state index contributed by atoms with van der Waals surface area (Å²) >= 11 is 0. The molecule has 3 atom stereocenters. The molecule has 0 saturated carbocycles. The zero-order valence-corrected chi connectivity index (χ0v) is 13.7. The van der Waals surface area contributed by atoms with Crippen molar-refractivity contribution in [2.45, 2.75) is 57.5 Å². The van der Waals surface area contributed by atoms with Gasteiger partial charge in [0.25, 0.3) is 0 Å². The van der Waals surface area contributed by atoms with Crippen molar-refractivity contribution < 1.29 is 9.47 Å². The van der Waals surface area contributed by atoms with E-state index in [9.17, 15) is 0 Å². The van der Waals surface area contributed by atoms with Gasteiger partial charge in [0.1, 0.15) is 0 Å². The lowest BCUT2D eigenvalue weighted by Crippen LogP contribution is -2.50. The summed E-state index contributed by atoms with van der Waals surface area (Å²) in [6.45, 7) is 8.53. The number of hydrogen-bond donors (Lipinski definition) is 2. The standard InChI is InChI=1S/C17H28N2O2/c1-16(2)11-13(17(3,4)21-16)14(19-18)15(20-5)12-9-7-6-8-10-12/h6-10,13-15,19H,11,18H2,1-5H3. The van der Waals surface area contributed by atoms with Gasteiger partial charge in [0.05, 0.1) is 23.3 Å². The number of nitrogens with one attached hydrogen (secondary N) is 1. The highest BCUT2D eigenvalue weighted by atomic mass is 16.5. The number of hydrazine groups is 1. The first-order chi connectivity index (χ1) is 9.80. The van der Waals surface area contributed by atoms with E-state index in [-0.39, 0.29) is 29.3 Å². The summed E-state index contributed by atoms with van der Waals surface area (Å²) in [7, 11) is 1.73. The van der Waals surface area contributed by atoms with E-state index in [1.807, 2.05) is 18.2 Å². The molecule has 0 aliphatic carbocycles. The fourth-order valence-corrected chi connectivity index (χ4v) is 3.71. The van der Waals surface area contributed by atoms with Crippen LogP contribution in [0.1, 0.15) is 45.8 Å². The normalized spacial score (nSPS) is 26.5. The quantitative estimate of drug-likeness (QED) is 0.647. The fourth-order valence-electron chi connectivity index (χ4n) is 3.71. The van der Waals surface area contributed by atoms with Gasteiger partial charge in [-0.3, -0.25) is 11.3 Å². The monoisotopic (exact) mass is 292 g/mol. The molecule has 1 aliphatic rings. The summed E-state index contributed by atoms with van der Waals surface area (Å²) in [5, 5.41) is 0. The number of methoxy groups -OCH3 is 1. The molecule has 0 bridgehead atoms. The van der Waals surface area contributed by atoms with Crippen LogP contribution in [-0.2, 0) is 9.47 Å². The molecule has 1 saturated heterocycles. The van der Waals surface area contributed by atoms with Crippen molar-refractivity contribution in [3.8, 4) is 0 Å². The maximum atomic E-state index is 6.21. The Balaban J connectivity index is 2.30. The molecule has 3 N–H and O–H groups in total. The summed E-state index contributed by atoms with van der Waals surface area (Å²) in [6.07, 6.45) is 0.847. The zero-order valence-electron chi connectivity index (χ0n) is 13.7. The molecule has 4 nitrogen and oxygen atoms in total. The first-order valence-corrected chi connectivity index (χ1v) is 7.55. The Kier molecular flexibility index (Phi) is 4.73. The number of nitrogens with two attached hydrogens (primary N) is 1. The van der Waals surface area contributed by atoms with Crippen LogP contribution < -0.4 is 11.3 Å². The van der Waals surface area contributed by atoms with Crippen molar-refractivity contribution in [2.75, 3.05) is 7.11 Å².